The van der Waals surface area contributed by atoms with Crippen molar-refractivity contribution in [2.75, 3.05) is 17.2 Å². The number of nitrogens with one attached hydrogen (secondary N) is 3. The zero-order valence-electron chi connectivity index (χ0n) is 16.7. The average Bonchev–Trinajstić information content (AvgIpc) is 3.28. The van der Waals surface area contributed by atoms with Crippen molar-refractivity contribution in [2.24, 2.45) is 0 Å². The highest BCUT2D eigenvalue weighted by atomic mass is 32.1. The van der Waals surface area contributed by atoms with E-state index in [-0.39, 0.29) is 22.7 Å². The van der Waals surface area contributed by atoms with Gasteiger partial charge in [0.25, 0.3) is 17.7 Å². The van der Waals surface area contributed by atoms with Crippen LogP contribution < -0.4 is 16.0 Å². The number of halogens is 3. The van der Waals surface area contributed by atoms with Gasteiger partial charge in [0.15, 0.2) is 0 Å². The Kier molecular flexibility index (Phi) is 6.94. The minimum Gasteiger partial charge on any atom is -0.343 e. The van der Waals surface area contributed by atoms with Gasteiger partial charge >= 0.3 is 6.18 Å². The molecule has 2 aromatic carbocycles. The minimum atomic E-state index is -4.53. The van der Waals surface area contributed by atoms with Gasteiger partial charge in [-0.25, -0.2) is 0 Å². The molecule has 3 rings (SSSR count). The summed E-state index contributed by atoms with van der Waals surface area (Å²) in [6.45, 7) is 0.232. The Morgan fingerprint density at radius 2 is 1.62 bits per heavy atom. The number of alkyl halides is 3. The van der Waals surface area contributed by atoms with Gasteiger partial charge in [0.1, 0.15) is 6.54 Å². The van der Waals surface area contributed by atoms with Gasteiger partial charge in [-0.15, -0.1) is 11.3 Å². The number of hydrogen-bond donors (Lipinski definition) is 3. The Bertz CT molecular complexity index is 1140. The van der Waals surface area contributed by atoms with E-state index in [1.54, 1.807) is 48.0 Å². The highest BCUT2D eigenvalue weighted by Crippen LogP contribution is 2.20. The van der Waals surface area contributed by atoms with Crippen LogP contribution in [-0.2, 0) is 0 Å². The standard InChI is InChI=1S/C22H18F3N3O3S/c1-13-7-8-15(19(29)26-12-22(23,24)25)11-17(13)28-20(30)14-4-2-5-16(10-14)27-21(31)18-6-3-9-32-18/h2-11H,12H2,1H3,(H,26,29)(H,27,31)(H,28,30). The molecule has 0 unspecified atom stereocenters. The SMILES string of the molecule is Cc1ccc(C(=O)NCC(F)(F)F)cc1NC(=O)c1cccc(NC(=O)c2cccs2)c1. The highest BCUT2D eigenvalue weighted by molar-refractivity contribution is 7.12. The normalized spacial score (nSPS) is 11.0. The van der Waals surface area contributed by atoms with Crippen molar-refractivity contribution >= 4 is 40.4 Å². The molecule has 0 saturated carbocycles. The molecule has 3 amide bonds. The van der Waals surface area contributed by atoms with Crippen LogP contribution in [0.25, 0.3) is 0 Å². The van der Waals surface area contributed by atoms with Gasteiger partial charge < -0.3 is 16.0 Å². The van der Waals surface area contributed by atoms with Gasteiger partial charge in [-0.3, -0.25) is 14.4 Å². The second kappa shape index (κ2) is 9.65. The largest absolute Gasteiger partial charge is 0.405 e. The van der Waals surface area contributed by atoms with E-state index < -0.39 is 24.5 Å². The topological polar surface area (TPSA) is 87.3 Å². The molecule has 166 valence electrons. The number of anilines is 2. The highest BCUT2D eigenvalue weighted by Gasteiger charge is 2.28. The summed E-state index contributed by atoms with van der Waals surface area (Å²) in [4.78, 5) is 37.4. The van der Waals surface area contributed by atoms with Crippen molar-refractivity contribution in [1.29, 1.82) is 0 Å². The molecule has 1 aromatic heterocycles. The van der Waals surface area contributed by atoms with Crippen molar-refractivity contribution < 1.29 is 27.6 Å². The first-order valence-electron chi connectivity index (χ1n) is 9.34. The van der Waals surface area contributed by atoms with E-state index in [0.29, 0.717) is 16.1 Å². The Morgan fingerprint density at radius 1 is 0.875 bits per heavy atom. The maximum Gasteiger partial charge on any atom is 0.405 e. The van der Waals surface area contributed by atoms with Crippen LogP contribution in [0, 0.1) is 6.92 Å². The molecule has 32 heavy (non-hydrogen) atoms. The summed E-state index contributed by atoms with van der Waals surface area (Å²) in [5, 5.41) is 8.93. The number of hydrogen-bond acceptors (Lipinski definition) is 4. The van der Waals surface area contributed by atoms with E-state index in [4.69, 9.17) is 0 Å². The van der Waals surface area contributed by atoms with Gasteiger partial charge in [0.05, 0.1) is 4.88 Å². The molecule has 3 aromatic rings. The number of aryl methyl sites for hydroxylation is 1. The van der Waals surface area contributed by atoms with Crippen LogP contribution >= 0.6 is 11.3 Å². The van der Waals surface area contributed by atoms with Crippen LogP contribution in [0.3, 0.4) is 0 Å². The van der Waals surface area contributed by atoms with Crippen molar-refractivity contribution in [3.05, 3.63) is 81.5 Å². The molecular formula is C22H18F3N3O3S. The Balaban J connectivity index is 1.71. The molecular weight excluding hydrogens is 443 g/mol. The summed E-state index contributed by atoms with van der Waals surface area (Å²) in [6, 6.07) is 13.9. The van der Waals surface area contributed by atoms with E-state index in [0.717, 1.165) is 0 Å². The van der Waals surface area contributed by atoms with Gasteiger partial charge in [0.2, 0.25) is 0 Å². The quantitative estimate of drug-likeness (QED) is 0.490. The molecule has 3 N–H and O–H groups in total. The summed E-state index contributed by atoms with van der Waals surface area (Å²) in [5.41, 5.74) is 1.55. The van der Waals surface area contributed by atoms with Crippen LogP contribution in [0.4, 0.5) is 24.5 Å². The summed E-state index contributed by atoms with van der Waals surface area (Å²) in [7, 11) is 0. The number of carbonyl (C=O) groups excluding carboxylic acids is 3. The summed E-state index contributed by atoms with van der Waals surface area (Å²) < 4.78 is 37.0. The van der Waals surface area contributed by atoms with Crippen LogP contribution in [0.5, 0.6) is 0 Å². The molecule has 1 heterocycles. The lowest BCUT2D eigenvalue weighted by Crippen LogP contribution is -2.33. The second-order valence-electron chi connectivity index (χ2n) is 6.79. The third-order valence-corrected chi connectivity index (χ3v) is 5.19. The van der Waals surface area contributed by atoms with E-state index in [1.165, 1.54) is 35.6 Å². The first-order valence-corrected chi connectivity index (χ1v) is 10.2. The average molecular weight is 461 g/mol. The second-order valence-corrected chi connectivity index (χ2v) is 7.74. The molecule has 0 spiro atoms. The molecule has 6 nitrogen and oxygen atoms in total. The maximum absolute atomic E-state index is 12.7. The lowest BCUT2D eigenvalue weighted by Gasteiger charge is -2.12. The number of benzene rings is 2. The summed E-state index contributed by atoms with van der Waals surface area (Å²) >= 11 is 1.29. The minimum absolute atomic E-state index is 0.0212. The van der Waals surface area contributed by atoms with Crippen molar-refractivity contribution in [1.82, 2.24) is 5.32 Å². The first kappa shape index (κ1) is 23.0. The predicted octanol–water partition coefficient (Wildman–Crippen LogP) is 4.85. The monoisotopic (exact) mass is 461 g/mol. The zero-order chi connectivity index (χ0) is 23.3. The molecule has 0 aliphatic rings. The smallest absolute Gasteiger partial charge is 0.343 e. The van der Waals surface area contributed by atoms with Gasteiger partial charge in [-0.1, -0.05) is 18.2 Å². The van der Waals surface area contributed by atoms with Crippen LogP contribution in [-0.4, -0.2) is 30.4 Å². The molecule has 0 aliphatic carbocycles. The van der Waals surface area contributed by atoms with E-state index in [1.807, 2.05) is 0 Å². The van der Waals surface area contributed by atoms with Crippen LogP contribution in [0.1, 0.15) is 36.0 Å². The fraction of sp³-hybridized carbons (Fsp3) is 0.136. The Hall–Kier alpha value is -3.66. The van der Waals surface area contributed by atoms with Crippen LogP contribution in [0.2, 0.25) is 0 Å². The number of carbonyl (C=O) groups is 3. The molecule has 0 radical (unpaired) electrons. The van der Waals surface area contributed by atoms with Crippen molar-refractivity contribution in [3.63, 3.8) is 0 Å². The number of amides is 3. The van der Waals surface area contributed by atoms with Crippen molar-refractivity contribution in [2.45, 2.75) is 13.1 Å². The third kappa shape index (κ3) is 6.17. The molecule has 0 aliphatic heterocycles. The summed E-state index contributed by atoms with van der Waals surface area (Å²) in [5.74, 6) is -1.71. The first-order chi connectivity index (χ1) is 15.1. The van der Waals surface area contributed by atoms with Gasteiger partial charge in [-0.2, -0.15) is 13.2 Å². The molecule has 0 bridgehead atoms. The molecule has 10 heteroatoms. The predicted molar refractivity (Wildman–Crippen MR) is 116 cm³/mol. The van der Waals surface area contributed by atoms with Gasteiger partial charge in [-0.05, 0) is 54.3 Å². The number of rotatable bonds is 6. The molecule has 0 atom stereocenters. The Morgan fingerprint density at radius 3 is 2.31 bits per heavy atom. The number of thiophene rings is 1. The molecule has 0 saturated heterocycles. The lowest BCUT2D eigenvalue weighted by molar-refractivity contribution is -0.123. The van der Waals surface area contributed by atoms with E-state index in [9.17, 15) is 27.6 Å². The van der Waals surface area contributed by atoms with Crippen LogP contribution in [0.15, 0.2) is 60.0 Å². The fourth-order valence-corrected chi connectivity index (χ4v) is 3.33. The third-order valence-electron chi connectivity index (χ3n) is 4.32. The summed E-state index contributed by atoms with van der Waals surface area (Å²) in [6.07, 6.45) is -4.53. The van der Waals surface area contributed by atoms with E-state index >= 15 is 0 Å². The Labute approximate surface area is 185 Å². The fourth-order valence-electron chi connectivity index (χ4n) is 2.71. The lowest BCUT2D eigenvalue weighted by atomic mass is 10.1. The van der Waals surface area contributed by atoms with E-state index in [2.05, 4.69) is 10.6 Å². The molecule has 0 fully saturated rings. The van der Waals surface area contributed by atoms with Gasteiger partial charge in [0, 0.05) is 22.5 Å². The maximum atomic E-state index is 12.7. The van der Waals surface area contributed by atoms with Crippen molar-refractivity contribution in [3.8, 4) is 0 Å². The zero-order valence-corrected chi connectivity index (χ0v) is 17.6.